The summed E-state index contributed by atoms with van der Waals surface area (Å²) in [7, 11) is 0. The van der Waals surface area contributed by atoms with Gasteiger partial charge in [-0.05, 0) is 12.6 Å². The molecule has 0 aliphatic rings. The molecule has 0 heterocycles. The number of aliphatic hydroxyl groups is 2. The number of rotatable bonds is 3. The topological polar surface area (TPSA) is 66.5 Å². The number of hydrogen-bond acceptors (Lipinski definition) is 3. The minimum absolute atomic E-state index is 0.194. The maximum atomic E-state index is 8.90. The van der Waals surface area contributed by atoms with Crippen molar-refractivity contribution in [2.24, 2.45) is 5.73 Å². The van der Waals surface area contributed by atoms with Crippen molar-refractivity contribution in [3.63, 3.8) is 0 Å². The molecule has 3 heteroatoms. The highest BCUT2D eigenvalue weighted by Crippen LogP contribution is 2.09. The SMILES string of the molecule is CCC(O)(O)CC=CN. The molecule has 54 valence electrons. The Bertz CT molecular complexity index is 99.2. The second-order valence-electron chi connectivity index (χ2n) is 1.97. The predicted octanol–water partition coefficient (Wildman–Crippen LogP) is -0.0602. The summed E-state index contributed by atoms with van der Waals surface area (Å²) in [5, 5.41) is 17.8. The van der Waals surface area contributed by atoms with Crippen LogP contribution in [0.25, 0.3) is 0 Å². The van der Waals surface area contributed by atoms with Crippen molar-refractivity contribution in [1.82, 2.24) is 0 Å². The van der Waals surface area contributed by atoms with E-state index in [9.17, 15) is 0 Å². The molecule has 0 aliphatic heterocycles. The van der Waals surface area contributed by atoms with Crippen LogP contribution in [0.4, 0.5) is 0 Å². The van der Waals surface area contributed by atoms with Crippen LogP contribution in [-0.4, -0.2) is 16.0 Å². The van der Waals surface area contributed by atoms with Gasteiger partial charge in [-0.2, -0.15) is 0 Å². The van der Waals surface area contributed by atoms with Crippen LogP contribution < -0.4 is 5.73 Å². The average molecular weight is 131 g/mol. The molecule has 0 amide bonds. The van der Waals surface area contributed by atoms with Crippen LogP contribution in [0.15, 0.2) is 12.3 Å². The average Bonchev–Trinajstić information content (AvgIpc) is 1.84. The van der Waals surface area contributed by atoms with Crippen LogP contribution in [0, 0.1) is 0 Å². The smallest absolute Gasteiger partial charge is 0.165 e. The van der Waals surface area contributed by atoms with E-state index in [-0.39, 0.29) is 6.42 Å². The highest BCUT2D eigenvalue weighted by Gasteiger charge is 2.16. The zero-order chi connectivity index (χ0) is 7.33. The first-order valence-corrected chi connectivity index (χ1v) is 2.94. The minimum Gasteiger partial charge on any atom is -0.405 e. The molecule has 0 spiro atoms. The highest BCUT2D eigenvalue weighted by atomic mass is 16.5. The van der Waals surface area contributed by atoms with Gasteiger partial charge in [-0.25, -0.2) is 0 Å². The Balaban J connectivity index is 3.58. The van der Waals surface area contributed by atoms with Crippen molar-refractivity contribution in [3.05, 3.63) is 12.3 Å². The maximum Gasteiger partial charge on any atom is 0.165 e. The number of nitrogens with two attached hydrogens (primary N) is 1. The van der Waals surface area contributed by atoms with Crippen molar-refractivity contribution in [2.75, 3.05) is 0 Å². The van der Waals surface area contributed by atoms with Gasteiger partial charge in [0.15, 0.2) is 5.79 Å². The summed E-state index contributed by atoms with van der Waals surface area (Å²) in [5.41, 5.74) is 4.99. The molecule has 0 aromatic carbocycles. The molecule has 9 heavy (non-hydrogen) atoms. The molecule has 4 N–H and O–H groups in total. The molecule has 0 rings (SSSR count). The Labute approximate surface area is 54.8 Å². The van der Waals surface area contributed by atoms with Crippen molar-refractivity contribution in [3.8, 4) is 0 Å². The molecule has 0 atom stereocenters. The van der Waals surface area contributed by atoms with E-state index in [0.717, 1.165) is 0 Å². The normalized spacial score (nSPS) is 12.8. The van der Waals surface area contributed by atoms with Gasteiger partial charge in [0, 0.05) is 6.42 Å². The number of hydrogen-bond donors (Lipinski definition) is 3. The zero-order valence-corrected chi connectivity index (χ0v) is 5.54. The Morgan fingerprint density at radius 1 is 1.56 bits per heavy atom. The fourth-order valence-corrected chi connectivity index (χ4v) is 0.401. The molecular formula is C6H13NO2. The van der Waals surface area contributed by atoms with Gasteiger partial charge >= 0.3 is 0 Å². The molecular weight excluding hydrogens is 118 g/mol. The first-order valence-electron chi connectivity index (χ1n) is 2.94. The highest BCUT2D eigenvalue weighted by molar-refractivity contribution is 4.81. The van der Waals surface area contributed by atoms with Gasteiger partial charge in [-0.3, -0.25) is 0 Å². The molecule has 0 bridgehead atoms. The van der Waals surface area contributed by atoms with E-state index in [1.807, 2.05) is 0 Å². The van der Waals surface area contributed by atoms with Gasteiger partial charge in [-0.15, -0.1) is 0 Å². The van der Waals surface area contributed by atoms with Crippen LogP contribution in [0.1, 0.15) is 19.8 Å². The summed E-state index contributed by atoms with van der Waals surface area (Å²) < 4.78 is 0. The molecule has 0 saturated carbocycles. The standard InChI is InChI=1S/C6H13NO2/c1-2-6(8,9)4-3-5-7/h3,5,8-9H,2,4,7H2,1H3. The van der Waals surface area contributed by atoms with E-state index >= 15 is 0 Å². The summed E-state index contributed by atoms with van der Waals surface area (Å²) >= 11 is 0. The molecule has 0 unspecified atom stereocenters. The Hall–Kier alpha value is -0.540. The lowest BCUT2D eigenvalue weighted by molar-refractivity contribution is -0.158. The lowest BCUT2D eigenvalue weighted by Crippen LogP contribution is -2.25. The summed E-state index contributed by atoms with van der Waals surface area (Å²) in [6.45, 7) is 1.70. The van der Waals surface area contributed by atoms with Crippen molar-refractivity contribution >= 4 is 0 Å². The third kappa shape index (κ3) is 4.00. The van der Waals surface area contributed by atoms with E-state index in [2.05, 4.69) is 0 Å². The maximum absolute atomic E-state index is 8.90. The lowest BCUT2D eigenvalue weighted by Gasteiger charge is -2.16. The molecule has 0 aliphatic carbocycles. The van der Waals surface area contributed by atoms with Crippen LogP contribution in [-0.2, 0) is 0 Å². The van der Waals surface area contributed by atoms with E-state index in [0.29, 0.717) is 6.42 Å². The van der Waals surface area contributed by atoms with Crippen LogP contribution in [0.2, 0.25) is 0 Å². The quantitative estimate of drug-likeness (QED) is 0.470. The zero-order valence-electron chi connectivity index (χ0n) is 5.54. The van der Waals surface area contributed by atoms with Crippen molar-refractivity contribution in [1.29, 1.82) is 0 Å². The van der Waals surface area contributed by atoms with Gasteiger partial charge in [0.1, 0.15) is 0 Å². The first-order chi connectivity index (χ1) is 4.12. The predicted molar refractivity (Wildman–Crippen MR) is 35.4 cm³/mol. The van der Waals surface area contributed by atoms with Gasteiger partial charge in [-0.1, -0.05) is 13.0 Å². The summed E-state index contributed by atoms with van der Waals surface area (Å²) in [4.78, 5) is 0. The Morgan fingerprint density at radius 3 is 2.44 bits per heavy atom. The second-order valence-corrected chi connectivity index (χ2v) is 1.97. The van der Waals surface area contributed by atoms with Crippen LogP contribution in [0.3, 0.4) is 0 Å². The second kappa shape index (κ2) is 3.48. The largest absolute Gasteiger partial charge is 0.405 e. The van der Waals surface area contributed by atoms with E-state index in [4.69, 9.17) is 15.9 Å². The van der Waals surface area contributed by atoms with Crippen LogP contribution >= 0.6 is 0 Å². The third-order valence-corrected chi connectivity index (χ3v) is 1.15. The fraction of sp³-hybridized carbons (Fsp3) is 0.667. The van der Waals surface area contributed by atoms with Gasteiger partial charge < -0.3 is 15.9 Å². The van der Waals surface area contributed by atoms with Crippen molar-refractivity contribution < 1.29 is 10.2 Å². The fourth-order valence-electron chi connectivity index (χ4n) is 0.401. The summed E-state index contributed by atoms with van der Waals surface area (Å²) in [6.07, 6.45) is 3.33. The van der Waals surface area contributed by atoms with Crippen LogP contribution in [0.5, 0.6) is 0 Å². The molecule has 0 aromatic heterocycles. The van der Waals surface area contributed by atoms with Crippen molar-refractivity contribution in [2.45, 2.75) is 25.6 Å². The Kier molecular flexibility index (Phi) is 3.27. The van der Waals surface area contributed by atoms with Gasteiger partial charge in [0.2, 0.25) is 0 Å². The van der Waals surface area contributed by atoms with Gasteiger partial charge in [0.05, 0.1) is 0 Å². The molecule has 3 nitrogen and oxygen atoms in total. The molecule has 0 fully saturated rings. The first kappa shape index (κ1) is 8.46. The molecule has 0 radical (unpaired) electrons. The van der Waals surface area contributed by atoms with Gasteiger partial charge in [0.25, 0.3) is 0 Å². The minimum atomic E-state index is -1.57. The van der Waals surface area contributed by atoms with E-state index in [1.165, 1.54) is 12.3 Å². The Morgan fingerprint density at radius 2 is 2.11 bits per heavy atom. The summed E-state index contributed by atoms with van der Waals surface area (Å²) in [5.74, 6) is -1.57. The lowest BCUT2D eigenvalue weighted by atomic mass is 10.1. The van der Waals surface area contributed by atoms with E-state index < -0.39 is 5.79 Å². The summed E-state index contributed by atoms with van der Waals surface area (Å²) in [6, 6.07) is 0. The van der Waals surface area contributed by atoms with E-state index in [1.54, 1.807) is 6.92 Å². The molecule has 0 saturated heterocycles. The third-order valence-electron chi connectivity index (χ3n) is 1.15. The molecule has 0 aromatic rings. The monoisotopic (exact) mass is 131 g/mol.